The van der Waals surface area contributed by atoms with Crippen LogP contribution in [0.1, 0.15) is 27.2 Å². The lowest BCUT2D eigenvalue weighted by Crippen LogP contribution is -2.16. The van der Waals surface area contributed by atoms with Gasteiger partial charge in [-0.1, -0.05) is 12.1 Å². The Hall–Kier alpha value is -2.02. The molecule has 0 aliphatic rings. The third-order valence-corrected chi connectivity index (χ3v) is 2.24. The van der Waals surface area contributed by atoms with Crippen molar-refractivity contribution in [1.82, 2.24) is 0 Å². The van der Waals surface area contributed by atoms with Crippen LogP contribution in [-0.4, -0.2) is 12.0 Å². The Balaban J connectivity index is 2.72. The number of para-hydroxylation sites is 2. The van der Waals surface area contributed by atoms with Gasteiger partial charge in [0.1, 0.15) is 5.75 Å². The second-order valence-electron chi connectivity index (χ2n) is 4.45. The van der Waals surface area contributed by atoms with Crippen molar-refractivity contribution in [2.45, 2.75) is 33.3 Å². The lowest BCUT2D eigenvalue weighted by Gasteiger charge is -2.14. The number of nitrogens with zero attached hydrogens (tertiary/aromatic N) is 1. The van der Waals surface area contributed by atoms with Crippen molar-refractivity contribution in [3.63, 3.8) is 0 Å². The van der Waals surface area contributed by atoms with Gasteiger partial charge in [0.2, 0.25) is 5.91 Å². The van der Waals surface area contributed by atoms with E-state index in [1.54, 1.807) is 13.0 Å². The van der Waals surface area contributed by atoms with E-state index in [0.29, 0.717) is 11.4 Å². The molecule has 0 fully saturated rings. The Labute approximate surface area is 108 Å². The molecule has 1 atom stereocenters. The number of benzene rings is 1. The molecule has 1 N–H and O–H groups in total. The topological polar surface area (TPSA) is 62.1 Å². The lowest BCUT2D eigenvalue weighted by molar-refractivity contribution is -0.116. The summed E-state index contributed by atoms with van der Waals surface area (Å²) in [5.74, 6) is 0.178. The van der Waals surface area contributed by atoms with Crippen LogP contribution < -0.4 is 10.1 Å². The zero-order valence-electron chi connectivity index (χ0n) is 10.9. The first kappa shape index (κ1) is 14.0. The maximum absolute atomic E-state index is 11.7. The summed E-state index contributed by atoms with van der Waals surface area (Å²) in [6.45, 7) is 5.57. The molecule has 1 unspecified atom stereocenters. The van der Waals surface area contributed by atoms with Gasteiger partial charge in [0, 0.05) is 6.42 Å². The number of rotatable bonds is 5. The molecule has 1 amide bonds. The molecule has 1 aromatic carbocycles. The van der Waals surface area contributed by atoms with Crippen LogP contribution in [0.2, 0.25) is 0 Å². The van der Waals surface area contributed by atoms with E-state index in [-0.39, 0.29) is 24.3 Å². The third-order valence-electron chi connectivity index (χ3n) is 2.24. The largest absolute Gasteiger partial charge is 0.489 e. The summed E-state index contributed by atoms with van der Waals surface area (Å²) >= 11 is 0. The second-order valence-corrected chi connectivity index (χ2v) is 4.45. The fourth-order valence-electron chi connectivity index (χ4n) is 1.45. The summed E-state index contributed by atoms with van der Waals surface area (Å²) in [5, 5.41) is 11.4. The molecule has 1 aromatic rings. The molecule has 4 heteroatoms. The second kappa shape index (κ2) is 6.65. The van der Waals surface area contributed by atoms with Crippen molar-refractivity contribution in [2.24, 2.45) is 5.92 Å². The number of hydrogen-bond acceptors (Lipinski definition) is 3. The Morgan fingerprint density at radius 1 is 1.39 bits per heavy atom. The molecular weight excluding hydrogens is 228 g/mol. The van der Waals surface area contributed by atoms with E-state index in [2.05, 4.69) is 5.32 Å². The van der Waals surface area contributed by atoms with Crippen LogP contribution in [0.15, 0.2) is 24.3 Å². The molecule has 0 radical (unpaired) electrons. The van der Waals surface area contributed by atoms with E-state index in [1.165, 1.54) is 0 Å². The molecule has 0 saturated heterocycles. The van der Waals surface area contributed by atoms with Gasteiger partial charge in [-0.3, -0.25) is 4.79 Å². The van der Waals surface area contributed by atoms with Gasteiger partial charge in [-0.25, -0.2) is 0 Å². The first-order valence-corrected chi connectivity index (χ1v) is 5.98. The molecule has 0 aliphatic carbocycles. The molecule has 0 aliphatic heterocycles. The number of carbonyl (C=O) groups excluding carboxylic acids is 1. The fourth-order valence-corrected chi connectivity index (χ4v) is 1.45. The Kier molecular flexibility index (Phi) is 5.19. The first-order chi connectivity index (χ1) is 8.52. The highest BCUT2D eigenvalue weighted by molar-refractivity contribution is 5.92. The van der Waals surface area contributed by atoms with Crippen molar-refractivity contribution in [3.8, 4) is 11.8 Å². The smallest absolute Gasteiger partial charge is 0.225 e. The van der Waals surface area contributed by atoms with Crippen molar-refractivity contribution < 1.29 is 9.53 Å². The summed E-state index contributed by atoms with van der Waals surface area (Å²) < 4.78 is 5.60. The van der Waals surface area contributed by atoms with Gasteiger partial charge in [0.25, 0.3) is 0 Å². The van der Waals surface area contributed by atoms with Gasteiger partial charge < -0.3 is 10.1 Å². The van der Waals surface area contributed by atoms with Crippen molar-refractivity contribution >= 4 is 11.6 Å². The number of carbonyl (C=O) groups is 1. The van der Waals surface area contributed by atoms with Gasteiger partial charge in [-0.2, -0.15) is 5.26 Å². The summed E-state index contributed by atoms with van der Waals surface area (Å²) in [6.07, 6.45) is 0.230. The Morgan fingerprint density at radius 2 is 2.06 bits per heavy atom. The SMILES string of the molecule is CC(C#N)CC(=O)Nc1ccccc1OC(C)C. The molecular formula is C14H18N2O2. The molecule has 0 spiro atoms. The third kappa shape index (κ3) is 4.46. The molecule has 0 bridgehead atoms. The first-order valence-electron chi connectivity index (χ1n) is 5.98. The number of anilines is 1. The van der Waals surface area contributed by atoms with Crippen molar-refractivity contribution in [1.29, 1.82) is 5.26 Å². The van der Waals surface area contributed by atoms with E-state index in [9.17, 15) is 4.79 Å². The molecule has 0 heterocycles. The highest BCUT2D eigenvalue weighted by Gasteiger charge is 2.11. The molecule has 4 nitrogen and oxygen atoms in total. The highest BCUT2D eigenvalue weighted by atomic mass is 16.5. The number of nitrogens with one attached hydrogen (secondary N) is 1. The molecule has 96 valence electrons. The number of hydrogen-bond donors (Lipinski definition) is 1. The quantitative estimate of drug-likeness (QED) is 0.868. The Bertz CT molecular complexity index is 449. The van der Waals surface area contributed by atoms with Crippen LogP contribution in [0.5, 0.6) is 5.75 Å². The van der Waals surface area contributed by atoms with Crippen LogP contribution in [-0.2, 0) is 4.79 Å². The lowest BCUT2D eigenvalue weighted by atomic mass is 10.1. The standard InChI is InChI=1S/C14H18N2O2/c1-10(2)18-13-7-5-4-6-12(13)16-14(17)8-11(3)9-15/h4-7,10-11H,8H2,1-3H3,(H,16,17). The predicted octanol–water partition coefficient (Wildman–Crippen LogP) is 2.96. The van der Waals surface area contributed by atoms with Crippen LogP contribution in [0.4, 0.5) is 5.69 Å². The van der Waals surface area contributed by atoms with E-state index < -0.39 is 0 Å². The number of ether oxygens (including phenoxy) is 1. The minimum Gasteiger partial charge on any atom is -0.489 e. The maximum atomic E-state index is 11.7. The fraction of sp³-hybridized carbons (Fsp3) is 0.429. The minimum absolute atomic E-state index is 0.0427. The number of nitriles is 1. The molecule has 1 rings (SSSR count). The average Bonchev–Trinajstić information content (AvgIpc) is 2.30. The minimum atomic E-state index is -0.289. The van der Waals surface area contributed by atoms with Crippen molar-refractivity contribution in [3.05, 3.63) is 24.3 Å². The van der Waals surface area contributed by atoms with Gasteiger partial charge in [-0.15, -0.1) is 0 Å². The van der Waals surface area contributed by atoms with Crippen molar-refractivity contribution in [2.75, 3.05) is 5.32 Å². The Morgan fingerprint density at radius 3 is 2.67 bits per heavy atom. The van der Waals surface area contributed by atoms with E-state index in [1.807, 2.05) is 38.1 Å². The van der Waals surface area contributed by atoms with Crippen LogP contribution in [0, 0.1) is 17.2 Å². The monoisotopic (exact) mass is 246 g/mol. The van der Waals surface area contributed by atoms with Crippen LogP contribution in [0.3, 0.4) is 0 Å². The highest BCUT2D eigenvalue weighted by Crippen LogP contribution is 2.25. The van der Waals surface area contributed by atoms with E-state index in [0.717, 1.165) is 0 Å². The van der Waals surface area contributed by atoms with Crippen LogP contribution in [0.25, 0.3) is 0 Å². The number of amides is 1. The van der Waals surface area contributed by atoms with Crippen LogP contribution >= 0.6 is 0 Å². The molecule has 0 saturated carbocycles. The zero-order chi connectivity index (χ0) is 13.5. The summed E-state index contributed by atoms with van der Waals surface area (Å²) in [4.78, 5) is 11.7. The normalized spacial score (nSPS) is 11.7. The van der Waals surface area contributed by atoms with Gasteiger partial charge in [0.05, 0.1) is 23.8 Å². The van der Waals surface area contributed by atoms with Gasteiger partial charge in [-0.05, 0) is 32.9 Å². The zero-order valence-corrected chi connectivity index (χ0v) is 10.9. The van der Waals surface area contributed by atoms with E-state index >= 15 is 0 Å². The molecule has 0 aromatic heterocycles. The van der Waals surface area contributed by atoms with E-state index in [4.69, 9.17) is 10.00 Å². The van der Waals surface area contributed by atoms with Gasteiger partial charge in [0.15, 0.2) is 0 Å². The molecule has 18 heavy (non-hydrogen) atoms. The maximum Gasteiger partial charge on any atom is 0.225 e. The van der Waals surface area contributed by atoms with Gasteiger partial charge >= 0.3 is 0 Å². The summed E-state index contributed by atoms with van der Waals surface area (Å²) in [6, 6.07) is 9.31. The summed E-state index contributed by atoms with van der Waals surface area (Å²) in [7, 11) is 0. The predicted molar refractivity (Wildman–Crippen MR) is 70.2 cm³/mol. The summed E-state index contributed by atoms with van der Waals surface area (Å²) in [5.41, 5.74) is 0.640. The average molecular weight is 246 g/mol.